The molecule has 2 heterocycles. The summed E-state index contributed by atoms with van der Waals surface area (Å²) in [6, 6.07) is 15.9. The minimum atomic E-state index is -0.890. The molecule has 0 aliphatic rings. The van der Waals surface area contributed by atoms with Crippen LogP contribution in [0.2, 0.25) is 5.02 Å². The van der Waals surface area contributed by atoms with Crippen LogP contribution in [0.25, 0.3) is 22.6 Å². The largest absolute Gasteiger partial charge is 0.493 e. The van der Waals surface area contributed by atoms with E-state index in [4.69, 9.17) is 31.5 Å². The Balaban J connectivity index is 1.67. The Hall–Kier alpha value is -3.82. The lowest BCUT2D eigenvalue weighted by Gasteiger charge is -2.25. The van der Waals surface area contributed by atoms with Gasteiger partial charge in [-0.3, -0.25) is 9.36 Å². The van der Waals surface area contributed by atoms with Gasteiger partial charge in [-0.2, -0.15) is 0 Å². The number of methoxy groups -OCH3 is 1. The monoisotopic (exact) mass is 496 g/mol. The molecule has 0 saturated carbocycles. The van der Waals surface area contributed by atoms with Gasteiger partial charge in [-0.15, -0.1) is 0 Å². The standard InChI is InChI=1S/C25H25ClN4O5/c1-25(2,35-23(31)13-27)14-34-20-10-8-18(12-21(20)33-3)29-15-28-22-11-9-19(30(22)24(29)32)16-4-6-17(26)7-5-16/h4-12,15H,13-14,27H2,1-3H3. The Kier molecular flexibility index (Phi) is 6.81. The molecule has 0 unspecified atom stereocenters. The van der Waals surface area contributed by atoms with Crippen molar-refractivity contribution in [2.24, 2.45) is 5.73 Å². The lowest BCUT2D eigenvalue weighted by molar-refractivity contribution is -0.157. The maximum Gasteiger partial charge on any atom is 0.340 e. The van der Waals surface area contributed by atoms with E-state index in [-0.39, 0.29) is 18.8 Å². The summed E-state index contributed by atoms with van der Waals surface area (Å²) in [5.74, 6) is 0.310. The number of esters is 1. The second-order valence-corrected chi connectivity index (χ2v) is 8.81. The van der Waals surface area contributed by atoms with E-state index in [0.29, 0.717) is 33.6 Å². The topological polar surface area (TPSA) is 110 Å². The van der Waals surface area contributed by atoms with E-state index in [0.717, 1.165) is 5.56 Å². The highest BCUT2D eigenvalue weighted by molar-refractivity contribution is 6.30. The fourth-order valence-corrected chi connectivity index (χ4v) is 3.71. The van der Waals surface area contributed by atoms with Crippen LogP contribution in [-0.4, -0.2) is 45.8 Å². The molecule has 2 aromatic heterocycles. The number of benzene rings is 2. The van der Waals surface area contributed by atoms with Gasteiger partial charge in [-0.25, -0.2) is 14.2 Å². The molecule has 4 aromatic rings. The molecule has 10 heteroatoms. The maximum absolute atomic E-state index is 13.5. The smallest absolute Gasteiger partial charge is 0.340 e. The number of ether oxygens (including phenoxy) is 3. The van der Waals surface area contributed by atoms with Gasteiger partial charge in [0.1, 0.15) is 24.2 Å². The number of nitrogens with zero attached hydrogens (tertiary/aromatic N) is 3. The third kappa shape index (κ3) is 5.16. The van der Waals surface area contributed by atoms with Gasteiger partial charge in [0.25, 0.3) is 0 Å². The molecular weight excluding hydrogens is 472 g/mol. The van der Waals surface area contributed by atoms with E-state index in [1.807, 2.05) is 18.2 Å². The van der Waals surface area contributed by atoms with E-state index < -0.39 is 11.6 Å². The SMILES string of the molecule is COc1cc(-n2cnc3ccc(-c4ccc(Cl)cc4)n3c2=O)ccc1OCC(C)(C)OC(=O)CN. The molecule has 0 atom stereocenters. The second-order valence-electron chi connectivity index (χ2n) is 8.38. The molecule has 2 N–H and O–H groups in total. The van der Waals surface area contributed by atoms with Crippen molar-refractivity contribution < 1.29 is 19.0 Å². The molecule has 0 spiro atoms. The minimum absolute atomic E-state index is 0.0791. The summed E-state index contributed by atoms with van der Waals surface area (Å²) in [7, 11) is 1.50. The second kappa shape index (κ2) is 9.81. The molecule has 0 bridgehead atoms. The van der Waals surface area contributed by atoms with Crippen LogP contribution in [0.15, 0.2) is 65.7 Å². The number of rotatable bonds is 8. The summed E-state index contributed by atoms with van der Waals surface area (Å²) in [4.78, 5) is 29.4. The summed E-state index contributed by atoms with van der Waals surface area (Å²) in [6.07, 6.45) is 1.47. The van der Waals surface area contributed by atoms with E-state index in [2.05, 4.69) is 4.98 Å². The van der Waals surface area contributed by atoms with Gasteiger partial charge in [0.2, 0.25) is 0 Å². The fraction of sp³-hybridized carbons (Fsp3) is 0.240. The molecule has 0 saturated heterocycles. The number of fused-ring (bicyclic) bond motifs is 1. The molecule has 0 aliphatic heterocycles. The van der Waals surface area contributed by atoms with Crippen LogP contribution in [0, 0.1) is 0 Å². The first kappa shape index (κ1) is 24.3. The predicted molar refractivity (Wildman–Crippen MR) is 133 cm³/mol. The Labute approximate surface area is 206 Å². The minimum Gasteiger partial charge on any atom is -0.493 e. The molecular formula is C25H25ClN4O5. The van der Waals surface area contributed by atoms with Gasteiger partial charge in [-0.1, -0.05) is 23.7 Å². The molecule has 35 heavy (non-hydrogen) atoms. The summed E-state index contributed by atoms with van der Waals surface area (Å²) >= 11 is 6.01. The van der Waals surface area contributed by atoms with Crippen molar-refractivity contribution >= 4 is 23.2 Å². The van der Waals surface area contributed by atoms with Gasteiger partial charge in [0, 0.05) is 11.1 Å². The Morgan fingerprint density at radius 1 is 1.09 bits per heavy atom. The summed E-state index contributed by atoms with van der Waals surface area (Å²) in [6.45, 7) is 3.31. The maximum atomic E-state index is 13.5. The Morgan fingerprint density at radius 3 is 2.51 bits per heavy atom. The zero-order valence-electron chi connectivity index (χ0n) is 19.5. The molecule has 0 fully saturated rings. The molecule has 0 amide bonds. The quantitative estimate of drug-likeness (QED) is 0.372. The van der Waals surface area contributed by atoms with Crippen LogP contribution in [0.1, 0.15) is 13.8 Å². The molecule has 0 radical (unpaired) electrons. The molecule has 2 aromatic carbocycles. The predicted octanol–water partition coefficient (Wildman–Crippen LogP) is 3.47. The van der Waals surface area contributed by atoms with Crippen molar-refractivity contribution in [2.75, 3.05) is 20.3 Å². The van der Waals surface area contributed by atoms with Gasteiger partial charge in [0.15, 0.2) is 11.5 Å². The van der Waals surface area contributed by atoms with Crippen molar-refractivity contribution in [3.8, 4) is 28.4 Å². The van der Waals surface area contributed by atoms with Gasteiger partial charge >= 0.3 is 11.7 Å². The first-order valence-corrected chi connectivity index (χ1v) is 11.2. The van der Waals surface area contributed by atoms with Crippen molar-refractivity contribution in [2.45, 2.75) is 19.4 Å². The van der Waals surface area contributed by atoms with Crippen LogP contribution in [0.3, 0.4) is 0 Å². The van der Waals surface area contributed by atoms with Crippen LogP contribution in [0.4, 0.5) is 0 Å². The zero-order valence-corrected chi connectivity index (χ0v) is 20.3. The lowest BCUT2D eigenvalue weighted by Crippen LogP contribution is -2.37. The van der Waals surface area contributed by atoms with Crippen LogP contribution in [-0.2, 0) is 9.53 Å². The number of halogens is 1. The van der Waals surface area contributed by atoms with Crippen molar-refractivity contribution in [1.29, 1.82) is 0 Å². The fourth-order valence-electron chi connectivity index (χ4n) is 3.58. The Morgan fingerprint density at radius 2 is 1.83 bits per heavy atom. The summed E-state index contributed by atoms with van der Waals surface area (Å²) < 4.78 is 19.6. The van der Waals surface area contributed by atoms with Crippen LogP contribution in [0.5, 0.6) is 11.5 Å². The van der Waals surface area contributed by atoms with E-state index in [1.54, 1.807) is 50.2 Å². The van der Waals surface area contributed by atoms with E-state index >= 15 is 0 Å². The molecule has 182 valence electrons. The average molecular weight is 497 g/mol. The number of hydrogen-bond donors (Lipinski definition) is 1. The summed E-state index contributed by atoms with van der Waals surface area (Å²) in [5.41, 5.74) is 6.73. The van der Waals surface area contributed by atoms with Crippen molar-refractivity contribution in [1.82, 2.24) is 14.0 Å². The van der Waals surface area contributed by atoms with Gasteiger partial charge < -0.3 is 19.9 Å². The highest BCUT2D eigenvalue weighted by Gasteiger charge is 2.24. The van der Waals surface area contributed by atoms with Gasteiger partial charge in [0.05, 0.1) is 25.0 Å². The Bertz CT molecular complexity index is 1430. The molecule has 4 rings (SSSR count). The highest BCUT2D eigenvalue weighted by atomic mass is 35.5. The zero-order chi connectivity index (χ0) is 25.2. The third-order valence-electron chi connectivity index (χ3n) is 5.26. The number of nitrogens with two attached hydrogens (primary N) is 1. The number of aromatic nitrogens is 3. The van der Waals surface area contributed by atoms with E-state index in [1.165, 1.54) is 22.4 Å². The van der Waals surface area contributed by atoms with E-state index in [9.17, 15) is 9.59 Å². The summed E-state index contributed by atoms with van der Waals surface area (Å²) in [5, 5.41) is 0.612. The third-order valence-corrected chi connectivity index (χ3v) is 5.51. The normalized spacial score (nSPS) is 11.5. The number of carbonyl (C=O) groups is 1. The number of hydrogen-bond acceptors (Lipinski definition) is 7. The average Bonchev–Trinajstić information content (AvgIpc) is 3.28. The first-order valence-electron chi connectivity index (χ1n) is 10.8. The van der Waals surface area contributed by atoms with Crippen LogP contribution < -0.4 is 20.9 Å². The molecule has 9 nitrogen and oxygen atoms in total. The van der Waals surface area contributed by atoms with Crippen molar-refractivity contribution in [3.05, 3.63) is 76.4 Å². The van der Waals surface area contributed by atoms with Gasteiger partial charge in [-0.05, 0) is 55.8 Å². The molecule has 0 aliphatic carbocycles. The first-order chi connectivity index (χ1) is 16.7. The number of carbonyl (C=O) groups excluding carboxylic acids is 1. The van der Waals surface area contributed by atoms with Crippen LogP contribution >= 0.6 is 11.6 Å². The lowest BCUT2D eigenvalue weighted by atomic mass is 10.1. The highest BCUT2D eigenvalue weighted by Crippen LogP contribution is 2.30. The van der Waals surface area contributed by atoms with Crippen molar-refractivity contribution in [3.63, 3.8) is 0 Å².